The molecule has 0 bridgehead atoms. The summed E-state index contributed by atoms with van der Waals surface area (Å²) in [6, 6.07) is 0. The minimum atomic E-state index is 0. The normalized spacial score (nSPS) is 20.6. The van der Waals surface area contributed by atoms with E-state index in [1.54, 1.807) is 0 Å². The van der Waals surface area contributed by atoms with E-state index in [-0.39, 0.29) is 21.1 Å². The van der Waals surface area contributed by atoms with E-state index in [0.29, 0.717) is 0 Å². The van der Waals surface area contributed by atoms with Crippen LogP contribution >= 0.6 is 0 Å². The standard InChI is InChI=1S/C6H12.Pt/c1-2-4-6-5-3-1;/h1-6H2;/q;+2. The predicted molar refractivity (Wildman–Crippen MR) is 27.7 cm³/mol. The maximum Gasteiger partial charge on any atom is 2.00 e. The molecule has 0 saturated heterocycles. The molecule has 0 nitrogen and oxygen atoms in total. The van der Waals surface area contributed by atoms with E-state index >= 15 is 0 Å². The van der Waals surface area contributed by atoms with Gasteiger partial charge in [0.05, 0.1) is 0 Å². The van der Waals surface area contributed by atoms with Crippen molar-refractivity contribution in [2.75, 3.05) is 0 Å². The summed E-state index contributed by atoms with van der Waals surface area (Å²) in [4.78, 5) is 0. The van der Waals surface area contributed by atoms with Crippen LogP contribution in [0, 0.1) is 0 Å². The quantitative estimate of drug-likeness (QED) is 0.638. The van der Waals surface area contributed by atoms with Gasteiger partial charge >= 0.3 is 21.1 Å². The van der Waals surface area contributed by atoms with Crippen molar-refractivity contribution < 1.29 is 21.1 Å². The summed E-state index contributed by atoms with van der Waals surface area (Å²) >= 11 is 0. The largest absolute Gasteiger partial charge is 2.00 e. The van der Waals surface area contributed by atoms with Crippen molar-refractivity contribution in [3.05, 3.63) is 0 Å². The van der Waals surface area contributed by atoms with Crippen molar-refractivity contribution in [3.63, 3.8) is 0 Å². The molecule has 1 aliphatic rings. The molecule has 0 unspecified atom stereocenters. The van der Waals surface area contributed by atoms with E-state index in [1.165, 1.54) is 38.5 Å². The summed E-state index contributed by atoms with van der Waals surface area (Å²) in [5, 5.41) is 0. The van der Waals surface area contributed by atoms with Crippen molar-refractivity contribution in [2.24, 2.45) is 0 Å². The van der Waals surface area contributed by atoms with Crippen LogP contribution in [0.2, 0.25) is 0 Å². The third-order valence-electron chi connectivity index (χ3n) is 1.50. The minimum absolute atomic E-state index is 0. The molecule has 1 aliphatic carbocycles. The van der Waals surface area contributed by atoms with E-state index in [0.717, 1.165) is 0 Å². The molecule has 44 valence electrons. The molecule has 1 saturated carbocycles. The van der Waals surface area contributed by atoms with Crippen LogP contribution in [-0.2, 0) is 21.1 Å². The second-order valence-corrected chi connectivity index (χ2v) is 2.12. The monoisotopic (exact) mass is 279 g/mol. The van der Waals surface area contributed by atoms with E-state index in [2.05, 4.69) is 0 Å². The molecule has 0 aliphatic heterocycles. The number of hydrogen-bond donors (Lipinski definition) is 0. The summed E-state index contributed by atoms with van der Waals surface area (Å²) < 4.78 is 0. The van der Waals surface area contributed by atoms with Crippen LogP contribution in [0.4, 0.5) is 0 Å². The Morgan fingerprint density at radius 1 is 0.429 bits per heavy atom. The molecule has 1 heteroatoms. The molecule has 0 amide bonds. The van der Waals surface area contributed by atoms with Gasteiger partial charge in [0, 0.05) is 0 Å². The van der Waals surface area contributed by atoms with E-state index in [9.17, 15) is 0 Å². The van der Waals surface area contributed by atoms with Crippen molar-refractivity contribution in [1.29, 1.82) is 0 Å². The third-order valence-corrected chi connectivity index (χ3v) is 1.50. The van der Waals surface area contributed by atoms with Crippen LogP contribution < -0.4 is 0 Å². The van der Waals surface area contributed by atoms with Gasteiger partial charge in [-0.1, -0.05) is 38.5 Å². The van der Waals surface area contributed by atoms with Crippen molar-refractivity contribution in [2.45, 2.75) is 38.5 Å². The second-order valence-electron chi connectivity index (χ2n) is 2.12. The zero-order chi connectivity index (χ0) is 4.24. The second kappa shape index (κ2) is 4.84. The molecule has 1 fully saturated rings. The summed E-state index contributed by atoms with van der Waals surface area (Å²) in [6.45, 7) is 0. The predicted octanol–water partition coefficient (Wildman–Crippen LogP) is 2.34. The molecule has 0 aromatic heterocycles. The Hall–Kier alpha value is 0.688. The molecule has 1 rings (SSSR count). The van der Waals surface area contributed by atoms with Gasteiger partial charge in [0.2, 0.25) is 0 Å². The van der Waals surface area contributed by atoms with Crippen LogP contribution in [0.5, 0.6) is 0 Å². The molecule has 0 heterocycles. The Bertz CT molecular complexity index is 19.7. The Balaban J connectivity index is 0.000000360. The van der Waals surface area contributed by atoms with Crippen molar-refractivity contribution >= 4 is 0 Å². The van der Waals surface area contributed by atoms with Gasteiger partial charge in [-0.05, 0) is 0 Å². The van der Waals surface area contributed by atoms with Gasteiger partial charge in [0.15, 0.2) is 0 Å². The minimum Gasteiger partial charge on any atom is -0.0533 e. The Morgan fingerprint density at radius 3 is 0.714 bits per heavy atom. The van der Waals surface area contributed by atoms with Gasteiger partial charge in [-0.2, -0.15) is 0 Å². The molecule has 0 spiro atoms. The van der Waals surface area contributed by atoms with Gasteiger partial charge in [0.25, 0.3) is 0 Å². The van der Waals surface area contributed by atoms with Crippen LogP contribution in [0.3, 0.4) is 0 Å². The van der Waals surface area contributed by atoms with E-state index in [4.69, 9.17) is 0 Å². The maximum absolute atomic E-state index is 1.50. The molecular formula is C6H12Pt+2. The molecule has 0 N–H and O–H groups in total. The first kappa shape index (κ1) is 7.69. The first-order valence-electron chi connectivity index (χ1n) is 3.00. The van der Waals surface area contributed by atoms with Gasteiger partial charge < -0.3 is 0 Å². The van der Waals surface area contributed by atoms with Gasteiger partial charge in [-0.25, -0.2) is 0 Å². The fraction of sp³-hybridized carbons (Fsp3) is 1.00. The number of hydrogen-bond acceptors (Lipinski definition) is 0. The summed E-state index contributed by atoms with van der Waals surface area (Å²) in [6.07, 6.45) is 9.00. The number of rotatable bonds is 0. The van der Waals surface area contributed by atoms with E-state index in [1.807, 2.05) is 0 Å². The average molecular weight is 279 g/mol. The summed E-state index contributed by atoms with van der Waals surface area (Å²) in [5.74, 6) is 0. The molecule has 0 aromatic carbocycles. The topological polar surface area (TPSA) is 0 Å². The SMILES string of the molecule is C1CCCCC1.[Pt+2]. The van der Waals surface area contributed by atoms with Crippen molar-refractivity contribution in [3.8, 4) is 0 Å². The van der Waals surface area contributed by atoms with Crippen LogP contribution in [-0.4, -0.2) is 0 Å². The Labute approximate surface area is 59.9 Å². The van der Waals surface area contributed by atoms with Gasteiger partial charge in [-0.3, -0.25) is 0 Å². The van der Waals surface area contributed by atoms with E-state index < -0.39 is 0 Å². The summed E-state index contributed by atoms with van der Waals surface area (Å²) in [5.41, 5.74) is 0. The summed E-state index contributed by atoms with van der Waals surface area (Å²) in [7, 11) is 0. The molecule has 0 atom stereocenters. The van der Waals surface area contributed by atoms with Gasteiger partial charge in [-0.15, -0.1) is 0 Å². The Kier molecular flexibility index (Phi) is 5.31. The van der Waals surface area contributed by atoms with Crippen molar-refractivity contribution in [1.82, 2.24) is 0 Å². The average Bonchev–Trinajstić information content (AvgIpc) is 1.72. The van der Waals surface area contributed by atoms with Crippen LogP contribution in [0.25, 0.3) is 0 Å². The smallest absolute Gasteiger partial charge is 0.0533 e. The third kappa shape index (κ3) is 3.29. The zero-order valence-electron chi connectivity index (χ0n) is 4.56. The molecule has 0 aromatic rings. The van der Waals surface area contributed by atoms with Crippen LogP contribution in [0.15, 0.2) is 0 Å². The maximum atomic E-state index is 1.50. The van der Waals surface area contributed by atoms with Gasteiger partial charge in [0.1, 0.15) is 0 Å². The molecule has 7 heavy (non-hydrogen) atoms. The first-order chi connectivity index (χ1) is 3.00. The fourth-order valence-electron chi connectivity index (χ4n) is 1.06. The zero-order valence-corrected chi connectivity index (χ0v) is 6.83. The van der Waals surface area contributed by atoms with Crippen LogP contribution in [0.1, 0.15) is 38.5 Å². The Morgan fingerprint density at radius 2 is 0.571 bits per heavy atom. The molecular weight excluding hydrogens is 267 g/mol. The fourth-order valence-corrected chi connectivity index (χ4v) is 1.06. The molecule has 0 radical (unpaired) electrons. The first-order valence-corrected chi connectivity index (χ1v) is 3.00.